The molecule has 4 unspecified atom stereocenters. The Morgan fingerprint density at radius 2 is 1.90 bits per heavy atom. The fourth-order valence-electron chi connectivity index (χ4n) is 4.01. The Morgan fingerprint density at radius 3 is 2.50 bits per heavy atom. The van der Waals surface area contributed by atoms with Crippen LogP contribution in [0.1, 0.15) is 20.3 Å². The molecule has 3 aliphatic heterocycles. The second-order valence-corrected chi connectivity index (χ2v) is 6.37. The Hall–Kier alpha value is -0.280. The van der Waals surface area contributed by atoms with Gasteiger partial charge in [-0.15, -0.1) is 0 Å². The molecule has 0 radical (unpaired) electrons. The molecule has 3 fully saturated rings. The van der Waals surface area contributed by atoms with E-state index in [1.807, 2.05) is 18.7 Å². The van der Waals surface area contributed by atoms with E-state index < -0.39 is 36.7 Å². The molecule has 7 nitrogen and oxygen atoms in total. The maximum atomic E-state index is 10.1. The van der Waals surface area contributed by atoms with Gasteiger partial charge in [0.05, 0.1) is 37.5 Å². The van der Waals surface area contributed by atoms with Crippen molar-refractivity contribution in [3.63, 3.8) is 0 Å². The average Bonchev–Trinajstić information content (AvgIpc) is 2.94. The third-order valence-corrected chi connectivity index (χ3v) is 4.69. The minimum absolute atomic E-state index is 0.111. The largest absolute Gasteiger partial charge is 0.395 e. The molecule has 0 bridgehead atoms. The highest BCUT2D eigenvalue weighted by Crippen LogP contribution is 2.47. The van der Waals surface area contributed by atoms with Gasteiger partial charge in [-0.05, 0) is 20.3 Å². The maximum Gasteiger partial charge on any atom is 0.163 e. The summed E-state index contributed by atoms with van der Waals surface area (Å²) in [7, 11) is 0. The molecule has 7 heteroatoms. The Kier molecular flexibility index (Phi) is 3.57. The van der Waals surface area contributed by atoms with Crippen molar-refractivity contribution in [2.75, 3.05) is 13.2 Å². The molecule has 0 amide bonds. The summed E-state index contributed by atoms with van der Waals surface area (Å²) in [6, 6.07) is -1.04. The fourth-order valence-corrected chi connectivity index (χ4v) is 4.01. The van der Waals surface area contributed by atoms with E-state index in [1.165, 1.54) is 0 Å². The van der Waals surface area contributed by atoms with Gasteiger partial charge in [0, 0.05) is 6.04 Å². The van der Waals surface area contributed by atoms with E-state index in [-0.39, 0.29) is 24.9 Å². The lowest BCUT2D eigenvalue weighted by molar-refractivity contribution is -0.175. The molecular formula is C13H23NO6. The molecule has 0 aliphatic carbocycles. The van der Waals surface area contributed by atoms with Gasteiger partial charge in [0.25, 0.3) is 0 Å². The zero-order chi connectivity index (χ0) is 14.7. The molecule has 3 aliphatic rings. The summed E-state index contributed by atoms with van der Waals surface area (Å²) in [6.45, 7) is 3.03. The van der Waals surface area contributed by atoms with Gasteiger partial charge in [0.1, 0.15) is 12.2 Å². The van der Waals surface area contributed by atoms with Gasteiger partial charge in [-0.25, -0.2) is 0 Å². The second-order valence-electron chi connectivity index (χ2n) is 6.37. The lowest BCUT2D eigenvalue weighted by atomic mass is 9.99. The fraction of sp³-hybridized carbons (Fsp3) is 1.00. The maximum absolute atomic E-state index is 10.1. The zero-order valence-corrected chi connectivity index (χ0v) is 11.7. The van der Waals surface area contributed by atoms with Crippen LogP contribution in [0.15, 0.2) is 0 Å². The predicted octanol–water partition coefficient (Wildman–Crippen LogP) is -1.96. The van der Waals surface area contributed by atoms with Crippen LogP contribution in [0.2, 0.25) is 0 Å². The first kappa shape index (κ1) is 14.6. The van der Waals surface area contributed by atoms with Gasteiger partial charge in [0.2, 0.25) is 0 Å². The number of rotatable bonds is 3. The first-order chi connectivity index (χ1) is 9.39. The monoisotopic (exact) mass is 289 g/mol. The van der Waals surface area contributed by atoms with Gasteiger partial charge < -0.3 is 29.9 Å². The van der Waals surface area contributed by atoms with Crippen molar-refractivity contribution < 1.29 is 29.9 Å². The minimum atomic E-state index is -0.996. The van der Waals surface area contributed by atoms with E-state index in [0.717, 1.165) is 0 Å². The molecule has 20 heavy (non-hydrogen) atoms. The molecule has 3 heterocycles. The molecule has 0 aromatic carbocycles. The normalized spacial score (nSPS) is 48.3. The highest BCUT2D eigenvalue weighted by molar-refractivity contribution is 5.14. The van der Waals surface area contributed by atoms with Gasteiger partial charge >= 0.3 is 0 Å². The third kappa shape index (κ3) is 2.00. The van der Waals surface area contributed by atoms with Gasteiger partial charge in [-0.1, -0.05) is 0 Å². The molecule has 7 atom stereocenters. The first-order valence-corrected chi connectivity index (χ1v) is 7.10. The number of nitrogens with zero attached hydrogens (tertiary/aromatic N) is 1. The quantitative estimate of drug-likeness (QED) is 0.478. The summed E-state index contributed by atoms with van der Waals surface area (Å²) < 4.78 is 11.8. The van der Waals surface area contributed by atoms with Crippen LogP contribution < -0.4 is 0 Å². The summed E-state index contributed by atoms with van der Waals surface area (Å²) in [5.74, 6) is -0.739. The summed E-state index contributed by atoms with van der Waals surface area (Å²) in [4.78, 5) is 1.87. The van der Waals surface area contributed by atoms with Crippen LogP contribution in [-0.2, 0) is 9.47 Å². The van der Waals surface area contributed by atoms with E-state index in [4.69, 9.17) is 9.47 Å². The highest BCUT2D eigenvalue weighted by Gasteiger charge is 2.64. The van der Waals surface area contributed by atoms with Crippen molar-refractivity contribution in [3.05, 3.63) is 0 Å². The van der Waals surface area contributed by atoms with Crippen molar-refractivity contribution in [1.82, 2.24) is 4.90 Å². The SMILES string of the molecule is CC1(C)O[C@@H]2C3C[C@H](O)C(CO)N3C(C(O)CO)[C@@H]2O1. The smallest absolute Gasteiger partial charge is 0.163 e. The molecule has 0 spiro atoms. The molecule has 3 rings (SSSR count). The summed E-state index contributed by atoms with van der Waals surface area (Å²) >= 11 is 0. The van der Waals surface area contributed by atoms with Crippen molar-refractivity contribution in [1.29, 1.82) is 0 Å². The molecule has 3 saturated heterocycles. The Bertz CT molecular complexity index is 378. The number of fused-ring (bicyclic) bond motifs is 3. The van der Waals surface area contributed by atoms with Crippen LogP contribution in [0.3, 0.4) is 0 Å². The number of aliphatic hydroxyl groups is 4. The zero-order valence-electron chi connectivity index (χ0n) is 11.7. The second kappa shape index (κ2) is 4.88. The van der Waals surface area contributed by atoms with Crippen molar-refractivity contribution >= 4 is 0 Å². The van der Waals surface area contributed by atoms with E-state index in [0.29, 0.717) is 6.42 Å². The molecule has 116 valence electrons. The first-order valence-electron chi connectivity index (χ1n) is 7.10. The van der Waals surface area contributed by atoms with Crippen LogP contribution in [0, 0.1) is 0 Å². The van der Waals surface area contributed by atoms with Crippen LogP contribution in [-0.4, -0.2) is 86.9 Å². The molecular weight excluding hydrogens is 266 g/mol. The van der Waals surface area contributed by atoms with Crippen LogP contribution >= 0.6 is 0 Å². The number of hydrogen-bond acceptors (Lipinski definition) is 7. The van der Waals surface area contributed by atoms with Crippen LogP contribution in [0.5, 0.6) is 0 Å². The molecule has 0 aromatic heterocycles. The summed E-state index contributed by atoms with van der Waals surface area (Å²) in [6.07, 6.45) is -1.81. The topological polar surface area (TPSA) is 103 Å². The predicted molar refractivity (Wildman–Crippen MR) is 67.8 cm³/mol. The lowest BCUT2D eigenvalue weighted by Gasteiger charge is -2.35. The average molecular weight is 289 g/mol. The lowest BCUT2D eigenvalue weighted by Crippen LogP contribution is -2.53. The van der Waals surface area contributed by atoms with E-state index >= 15 is 0 Å². The number of hydrogen-bond donors (Lipinski definition) is 4. The van der Waals surface area contributed by atoms with Gasteiger partial charge in [0.15, 0.2) is 5.79 Å². The Morgan fingerprint density at radius 1 is 1.25 bits per heavy atom. The van der Waals surface area contributed by atoms with Crippen molar-refractivity contribution in [3.8, 4) is 0 Å². The highest BCUT2D eigenvalue weighted by atomic mass is 16.8. The van der Waals surface area contributed by atoms with E-state index in [1.54, 1.807) is 0 Å². The van der Waals surface area contributed by atoms with Crippen LogP contribution in [0.4, 0.5) is 0 Å². The molecule has 4 N–H and O–H groups in total. The Labute approximate surface area is 117 Å². The number of ether oxygens (including phenoxy) is 2. The van der Waals surface area contributed by atoms with Crippen LogP contribution in [0.25, 0.3) is 0 Å². The third-order valence-electron chi connectivity index (χ3n) is 4.69. The van der Waals surface area contributed by atoms with Crippen molar-refractivity contribution in [2.45, 2.75) is 68.6 Å². The summed E-state index contributed by atoms with van der Waals surface area (Å²) in [5.41, 5.74) is 0. The van der Waals surface area contributed by atoms with E-state index in [2.05, 4.69) is 0 Å². The standard InChI is InChI=1S/C13H23NO6/c1-13(2)19-11-6-3-8(17)7(4-15)14(6)10(9(18)5-16)12(11)20-13/h6-12,15-18H,3-5H2,1-2H3/t6?,7?,8-,9?,10?,11+,12-/m0/s1. The molecule has 0 aromatic rings. The van der Waals surface area contributed by atoms with Crippen molar-refractivity contribution in [2.24, 2.45) is 0 Å². The van der Waals surface area contributed by atoms with Gasteiger partial charge in [-0.2, -0.15) is 0 Å². The molecule has 0 saturated carbocycles. The summed E-state index contributed by atoms with van der Waals surface area (Å²) in [5, 5.41) is 39.0. The van der Waals surface area contributed by atoms with Gasteiger partial charge in [-0.3, -0.25) is 4.90 Å². The minimum Gasteiger partial charge on any atom is -0.395 e. The Balaban J connectivity index is 1.92. The van der Waals surface area contributed by atoms with E-state index in [9.17, 15) is 20.4 Å². The number of aliphatic hydroxyl groups excluding tert-OH is 4.